The van der Waals surface area contributed by atoms with Gasteiger partial charge in [0.05, 0.1) is 35.9 Å². The third-order valence-electron chi connectivity index (χ3n) is 11.3. The van der Waals surface area contributed by atoms with Crippen LogP contribution in [-0.4, -0.2) is 46.6 Å². The molecule has 258 valence electrons. The number of hydrogen-bond acceptors (Lipinski definition) is 6. The summed E-state index contributed by atoms with van der Waals surface area (Å²) in [4.78, 5) is 29.5. The van der Waals surface area contributed by atoms with E-state index in [0.717, 1.165) is 85.7 Å². The summed E-state index contributed by atoms with van der Waals surface area (Å²) in [5.74, 6) is 0.489. The van der Waals surface area contributed by atoms with E-state index in [-0.39, 0.29) is 5.91 Å². The number of rotatable bonds is 9. The maximum absolute atomic E-state index is 14.2. The van der Waals surface area contributed by atoms with Crippen molar-refractivity contribution in [1.29, 1.82) is 0 Å². The molecule has 2 bridgehead atoms. The van der Waals surface area contributed by atoms with Crippen molar-refractivity contribution < 1.29 is 27.2 Å². The largest absolute Gasteiger partial charge is 0.497 e. The Balaban J connectivity index is 1.25. The fourth-order valence-corrected chi connectivity index (χ4v) is 9.79. The highest BCUT2D eigenvalue weighted by Gasteiger charge is 2.52. The Bertz CT molecular complexity index is 2130. The van der Waals surface area contributed by atoms with Crippen LogP contribution >= 0.6 is 0 Å². The Morgan fingerprint density at radius 3 is 2.18 bits per heavy atom. The van der Waals surface area contributed by atoms with Crippen LogP contribution in [0.5, 0.6) is 5.75 Å². The Kier molecular flexibility index (Phi) is 8.00. The number of ether oxygens (including phenoxy) is 1. The average molecular weight is 685 g/mol. The number of methoxy groups -OCH3 is 1. The molecule has 3 aliphatic carbocycles. The minimum absolute atomic E-state index is 0.0214. The molecule has 1 N–H and O–H groups in total. The highest BCUT2D eigenvalue weighted by atomic mass is 32.2. The lowest BCUT2D eigenvalue weighted by Gasteiger charge is -2.27. The highest BCUT2D eigenvalue weighted by molar-refractivity contribution is 7.90. The molecule has 0 radical (unpaired) electrons. The lowest BCUT2D eigenvalue weighted by molar-refractivity contribution is -0.131. The SMILES string of the molecule is COc1ccc(-c2c(C3CCCCC3)c3ccc(C(=O)NS(=O)(=O)C4CCCCC4)cc3n2CC2(C(=O)N3C=c4oc(n4C)=C3)CC2)cc1. The minimum Gasteiger partial charge on any atom is -0.497 e. The molecule has 3 saturated carbocycles. The average Bonchev–Trinajstić information content (AvgIpc) is 3.86. The number of carbonyl (C=O) groups is 2. The van der Waals surface area contributed by atoms with E-state index in [1.165, 1.54) is 12.0 Å². The standard InChI is InChI=1S/C38H44N4O6S/c1-40-32-22-41(23-33(40)48-32)37(44)38(19-20-38)24-42-31-21-27(36(43)39-49(45,46)29-11-7-4-8-12-29)15-18-30(31)34(25-9-5-3-6-10-25)35(42)26-13-16-28(47-2)17-14-26/h13-18,21-23,25,29H,3-12,19-20,24H2,1-2H3,(H,39,43). The van der Waals surface area contributed by atoms with E-state index in [2.05, 4.69) is 21.4 Å². The molecule has 0 spiro atoms. The first-order chi connectivity index (χ1) is 23.7. The third-order valence-corrected chi connectivity index (χ3v) is 13.2. The number of fused-ring (bicyclic) bond motifs is 3. The molecule has 0 atom stereocenters. The van der Waals surface area contributed by atoms with E-state index >= 15 is 0 Å². The van der Waals surface area contributed by atoms with Gasteiger partial charge in [0.1, 0.15) is 5.75 Å². The van der Waals surface area contributed by atoms with E-state index in [4.69, 9.17) is 9.15 Å². The molecule has 49 heavy (non-hydrogen) atoms. The van der Waals surface area contributed by atoms with Gasteiger partial charge in [0.2, 0.25) is 27.0 Å². The van der Waals surface area contributed by atoms with E-state index in [1.54, 1.807) is 30.5 Å². The molecule has 2 amide bonds. The number of sulfonamides is 1. The van der Waals surface area contributed by atoms with Gasteiger partial charge in [-0.25, -0.2) is 13.1 Å². The molecule has 9 rings (SSSR count). The van der Waals surface area contributed by atoms with Crippen LogP contribution in [0.3, 0.4) is 0 Å². The van der Waals surface area contributed by atoms with E-state index in [9.17, 15) is 18.0 Å². The second-order valence-electron chi connectivity index (χ2n) is 14.5. The summed E-state index contributed by atoms with van der Waals surface area (Å²) in [5, 5.41) is 0.500. The zero-order valence-corrected chi connectivity index (χ0v) is 29.1. The van der Waals surface area contributed by atoms with Gasteiger partial charge in [-0.1, -0.05) is 44.6 Å². The van der Waals surface area contributed by atoms with E-state index in [0.29, 0.717) is 42.0 Å². The normalized spacial score (nSPS) is 19.3. The van der Waals surface area contributed by atoms with Crippen molar-refractivity contribution in [3.63, 3.8) is 0 Å². The summed E-state index contributed by atoms with van der Waals surface area (Å²) in [6, 6.07) is 13.7. The maximum Gasteiger partial charge on any atom is 0.264 e. The van der Waals surface area contributed by atoms with E-state index < -0.39 is 26.6 Å². The Labute approximate surface area is 286 Å². The Hall–Kier alpha value is -4.25. The first-order valence-electron chi connectivity index (χ1n) is 17.7. The van der Waals surface area contributed by atoms with Gasteiger partial charge in [-0.3, -0.25) is 19.1 Å². The number of carbonyl (C=O) groups excluding carboxylic acids is 2. The maximum atomic E-state index is 14.2. The van der Waals surface area contributed by atoms with Crippen molar-refractivity contribution in [2.45, 2.75) is 94.8 Å². The van der Waals surface area contributed by atoms with Crippen molar-refractivity contribution in [3.05, 3.63) is 64.7 Å². The molecule has 2 aromatic carbocycles. The van der Waals surface area contributed by atoms with Gasteiger partial charge in [0.15, 0.2) is 0 Å². The summed E-state index contributed by atoms with van der Waals surface area (Å²) in [6.45, 7) is 0.432. The van der Waals surface area contributed by atoms with Crippen molar-refractivity contribution in [2.24, 2.45) is 12.5 Å². The number of nitrogens with zero attached hydrogens (tertiary/aromatic N) is 3. The van der Waals surface area contributed by atoms with Gasteiger partial charge in [0, 0.05) is 30.1 Å². The smallest absolute Gasteiger partial charge is 0.264 e. The van der Waals surface area contributed by atoms with Crippen LogP contribution in [0, 0.1) is 5.41 Å². The molecule has 10 nitrogen and oxygen atoms in total. The van der Waals surface area contributed by atoms with Gasteiger partial charge in [-0.05, 0) is 92.0 Å². The zero-order chi connectivity index (χ0) is 33.9. The van der Waals surface area contributed by atoms with Crippen LogP contribution < -0.4 is 20.6 Å². The third kappa shape index (κ3) is 5.69. The zero-order valence-electron chi connectivity index (χ0n) is 28.2. The van der Waals surface area contributed by atoms with Gasteiger partial charge >= 0.3 is 0 Å². The topological polar surface area (TPSA) is 116 Å². The lowest BCUT2D eigenvalue weighted by Crippen LogP contribution is -2.48. The van der Waals surface area contributed by atoms with Crippen LogP contribution in [0.4, 0.5) is 0 Å². The van der Waals surface area contributed by atoms with Gasteiger partial charge in [-0.15, -0.1) is 0 Å². The molecule has 4 heterocycles. The second kappa shape index (κ2) is 12.3. The molecular weight excluding hydrogens is 641 g/mol. The summed E-state index contributed by atoms with van der Waals surface area (Å²) >= 11 is 0. The van der Waals surface area contributed by atoms with Crippen LogP contribution in [0.1, 0.15) is 98.9 Å². The van der Waals surface area contributed by atoms with Crippen LogP contribution in [0.15, 0.2) is 46.9 Å². The fourth-order valence-electron chi connectivity index (χ4n) is 8.29. The number of benzene rings is 2. The second-order valence-corrected chi connectivity index (χ2v) is 16.4. The molecule has 0 unspecified atom stereocenters. The first-order valence-corrected chi connectivity index (χ1v) is 19.3. The van der Waals surface area contributed by atoms with Crippen molar-refractivity contribution >= 4 is 45.1 Å². The first kappa shape index (κ1) is 32.0. The summed E-state index contributed by atoms with van der Waals surface area (Å²) in [7, 11) is -0.244. The molecule has 4 aromatic rings. The summed E-state index contributed by atoms with van der Waals surface area (Å²) in [5.41, 5.74) is 5.11. The van der Waals surface area contributed by atoms with Gasteiger partial charge < -0.3 is 13.7 Å². The Morgan fingerprint density at radius 2 is 1.57 bits per heavy atom. The monoisotopic (exact) mass is 684 g/mol. The quantitative estimate of drug-likeness (QED) is 0.250. The molecule has 2 aromatic heterocycles. The number of nitrogens with one attached hydrogen (secondary N) is 1. The minimum atomic E-state index is -3.80. The Morgan fingerprint density at radius 1 is 0.918 bits per heavy atom. The number of aromatic nitrogens is 2. The summed E-state index contributed by atoms with van der Waals surface area (Å²) in [6.07, 6.45) is 14.5. The summed E-state index contributed by atoms with van der Waals surface area (Å²) < 4.78 is 44.2. The molecule has 5 aliphatic rings. The molecule has 3 fully saturated rings. The van der Waals surface area contributed by atoms with Crippen LogP contribution in [0.2, 0.25) is 0 Å². The lowest BCUT2D eigenvalue weighted by atomic mass is 9.81. The predicted octanol–water partition coefficient (Wildman–Crippen LogP) is 5.49. The van der Waals surface area contributed by atoms with Gasteiger partial charge in [0.25, 0.3) is 5.91 Å². The van der Waals surface area contributed by atoms with Gasteiger partial charge in [-0.2, -0.15) is 0 Å². The molecule has 2 aliphatic heterocycles. The van der Waals surface area contributed by atoms with Crippen LogP contribution in [0.25, 0.3) is 34.6 Å². The predicted molar refractivity (Wildman–Crippen MR) is 187 cm³/mol. The number of hydrogen-bond donors (Lipinski definition) is 1. The van der Waals surface area contributed by atoms with Crippen molar-refractivity contribution in [3.8, 4) is 17.0 Å². The molecule has 11 heteroatoms. The van der Waals surface area contributed by atoms with E-state index in [1.807, 2.05) is 35.9 Å². The molecule has 0 saturated heterocycles. The van der Waals surface area contributed by atoms with Crippen LogP contribution in [-0.2, 0) is 28.4 Å². The van der Waals surface area contributed by atoms with Crippen molar-refractivity contribution in [1.82, 2.24) is 18.8 Å². The number of amides is 2. The molecular formula is C38H44N4O6S. The van der Waals surface area contributed by atoms with Crippen molar-refractivity contribution in [2.75, 3.05) is 7.11 Å². The highest BCUT2D eigenvalue weighted by Crippen LogP contribution is 2.52. The fraction of sp³-hybridized carbons (Fsp3) is 0.474.